The summed E-state index contributed by atoms with van der Waals surface area (Å²) in [7, 11) is 0. The van der Waals surface area contributed by atoms with Crippen molar-refractivity contribution in [3.8, 4) is 0 Å². The highest BCUT2D eigenvalue weighted by Gasteiger charge is 2.18. The second-order valence-corrected chi connectivity index (χ2v) is 4.65. The highest BCUT2D eigenvalue weighted by Crippen LogP contribution is 2.17. The van der Waals surface area contributed by atoms with Gasteiger partial charge in [-0.3, -0.25) is 14.4 Å². The molecule has 0 aliphatic heterocycles. The molecule has 0 spiro atoms. The number of hydrogen-bond donors (Lipinski definition) is 2. The average Bonchev–Trinajstić information content (AvgIpc) is 2.40. The minimum absolute atomic E-state index is 0.00627. The minimum atomic E-state index is -1.15. The summed E-state index contributed by atoms with van der Waals surface area (Å²) < 4.78 is 1.28. The van der Waals surface area contributed by atoms with Gasteiger partial charge in [0.15, 0.2) is 0 Å². The van der Waals surface area contributed by atoms with Crippen LogP contribution in [0.1, 0.15) is 23.7 Å². The molecule has 0 aliphatic rings. The molecule has 0 radical (unpaired) electrons. The predicted molar refractivity (Wildman–Crippen MR) is 80.9 cm³/mol. The van der Waals surface area contributed by atoms with E-state index in [1.807, 2.05) is 0 Å². The topological polar surface area (TPSA) is 102 Å². The number of pyridine rings is 1. The molecule has 1 atom stereocenters. The Kier molecular flexibility index (Phi) is 5.37. The largest absolute Gasteiger partial charge is 0.480 e. The lowest BCUT2D eigenvalue weighted by Crippen LogP contribution is -2.34. The predicted octanol–water partition coefficient (Wildman–Crippen LogP) is 0.678. The molecule has 3 N–H and O–H groups in total. The zero-order chi connectivity index (χ0) is 16.2. The maximum Gasteiger partial charge on any atom is 0.320 e. The van der Waals surface area contributed by atoms with Gasteiger partial charge in [-0.2, -0.15) is 0 Å². The van der Waals surface area contributed by atoms with Crippen molar-refractivity contribution in [3.05, 3.63) is 46.4 Å². The molecule has 1 aromatic rings. The van der Waals surface area contributed by atoms with E-state index >= 15 is 0 Å². The number of hydrogen-bond acceptors (Lipinski definition) is 4. The summed E-state index contributed by atoms with van der Waals surface area (Å²) in [6.45, 7) is 8.60. The molecular weight excluding hydrogens is 272 g/mol. The van der Waals surface area contributed by atoms with Crippen LogP contribution in [0, 0.1) is 0 Å². The van der Waals surface area contributed by atoms with Gasteiger partial charge in [-0.05, 0) is 25.0 Å². The van der Waals surface area contributed by atoms with Crippen molar-refractivity contribution in [3.63, 3.8) is 0 Å². The molecule has 0 fully saturated rings. The van der Waals surface area contributed by atoms with Gasteiger partial charge in [-0.1, -0.05) is 19.2 Å². The zero-order valence-corrected chi connectivity index (χ0v) is 11.8. The summed E-state index contributed by atoms with van der Waals surface area (Å²) >= 11 is 0. The summed E-state index contributed by atoms with van der Waals surface area (Å²) in [5.41, 5.74) is 6.57. The van der Waals surface area contributed by atoms with Crippen molar-refractivity contribution < 1.29 is 14.7 Å². The van der Waals surface area contributed by atoms with E-state index in [2.05, 4.69) is 13.2 Å². The standard InChI is InChI=1S/C15H18N2O4/c1-4-11-10(6-12(16)15(20)21)7-14(19)17(8-9(3)18)13(11)5-2/h4-5,7,12H,1-2,6,8,16H2,3H3,(H,20,21). The molecule has 0 aliphatic carbocycles. The number of carbonyl (C=O) groups is 2. The van der Waals surface area contributed by atoms with Gasteiger partial charge in [-0.25, -0.2) is 0 Å². The van der Waals surface area contributed by atoms with Crippen molar-refractivity contribution in [2.45, 2.75) is 25.9 Å². The van der Waals surface area contributed by atoms with Crippen LogP contribution >= 0.6 is 0 Å². The van der Waals surface area contributed by atoms with Gasteiger partial charge in [0.05, 0.1) is 12.2 Å². The first-order valence-electron chi connectivity index (χ1n) is 6.31. The van der Waals surface area contributed by atoms with Crippen LogP contribution in [0.15, 0.2) is 24.0 Å². The highest BCUT2D eigenvalue weighted by atomic mass is 16.4. The van der Waals surface area contributed by atoms with Crippen LogP contribution in [0.5, 0.6) is 0 Å². The van der Waals surface area contributed by atoms with Crippen LogP contribution in [-0.2, 0) is 22.6 Å². The third-order valence-corrected chi connectivity index (χ3v) is 3.01. The van der Waals surface area contributed by atoms with Crippen LogP contribution in [0.2, 0.25) is 0 Å². The first-order chi connectivity index (χ1) is 9.81. The molecule has 21 heavy (non-hydrogen) atoms. The minimum Gasteiger partial charge on any atom is -0.480 e. The molecule has 0 saturated carbocycles. The van der Waals surface area contributed by atoms with E-state index in [4.69, 9.17) is 10.8 Å². The molecule has 0 bridgehead atoms. The molecule has 0 saturated heterocycles. The van der Waals surface area contributed by atoms with Crippen LogP contribution in [0.25, 0.3) is 12.2 Å². The van der Waals surface area contributed by atoms with Gasteiger partial charge in [0.25, 0.3) is 5.56 Å². The van der Waals surface area contributed by atoms with Gasteiger partial charge >= 0.3 is 5.97 Å². The summed E-state index contributed by atoms with van der Waals surface area (Å²) in [6, 6.07) is 0.167. The van der Waals surface area contributed by atoms with Crippen LogP contribution in [0.4, 0.5) is 0 Å². The smallest absolute Gasteiger partial charge is 0.320 e. The number of carboxylic acid groups (broad SMARTS) is 1. The second kappa shape index (κ2) is 6.81. The van der Waals surface area contributed by atoms with Crippen molar-refractivity contribution in [2.75, 3.05) is 0 Å². The number of carbonyl (C=O) groups excluding carboxylic acids is 1. The Bertz CT molecular complexity index is 658. The van der Waals surface area contributed by atoms with Gasteiger partial charge in [0.1, 0.15) is 11.8 Å². The van der Waals surface area contributed by atoms with Gasteiger partial charge in [0.2, 0.25) is 0 Å². The third kappa shape index (κ3) is 3.76. The van der Waals surface area contributed by atoms with Crippen molar-refractivity contribution in [1.82, 2.24) is 4.57 Å². The molecular formula is C15H18N2O4. The zero-order valence-electron chi connectivity index (χ0n) is 11.8. The van der Waals surface area contributed by atoms with E-state index in [1.165, 1.54) is 29.7 Å². The van der Waals surface area contributed by atoms with Crippen LogP contribution in [-0.4, -0.2) is 27.5 Å². The summed E-state index contributed by atoms with van der Waals surface area (Å²) in [4.78, 5) is 34.2. The Labute approximate surface area is 122 Å². The Balaban J connectivity index is 3.48. The van der Waals surface area contributed by atoms with Crippen LogP contribution in [0.3, 0.4) is 0 Å². The fourth-order valence-electron chi connectivity index (χ4n) is 2.07. The van der Waals surface area contributed by atoms with Crippen molar-refractivity contribution in [2.24, 2.45) is 5.73 Å². The van der Waals surface area contributed by atoms with E-state index in [1.54, 1.807) is 0 Å². The first kappa shape index (κ1) is 16.6. The molecule has 6 heteroatoms. The summed E-state index contributed by atoms with van der Waals surface area (Å²) in [5, 5.41) is 8.88. The average molecular weight is 290 g/mol. The number of aliphatic carboxylic acids is 1. The van der Waals surface area contributed by atoms with Crippen molar-refractivity contribution >= 4 is 23.9 Å². The number of rotatable bonds is 7. The quantitative estimate of drug-likeness (QED) is 0.768. The molecule has 0 aromatic carbocycles. The molecule has 6 nitrogen and oxygen atoms in total. The van der Waals surface area contributed by atoms with Crippen LogP contribution < -0.4 is 11.3 Å². The van der Waals surface area contributed by atoms with Gasteiger partial charge in [0, 0.05) is 11.6 Å². The molecule has 1 rings (SSSR count). The van der Waals surface area contributed by atoms with E-state index in [-0.39, 0.29) is 18.7 Å². The maximum absolute atomic E-state index is 12.1. The summed E-state index contributed by atoms with van der Waals surface area (Å²) in [6.07, 6.45) is 2.93. The fraction of sp³-hybridized carbons (Fsp3) is 0.267. The lowest BCUT2D eigenvalue weighted by molar-refractivity contribution is -0.138. The van der Waals surface area contributed by atoms with E-state index < -0.39 is 17.6 Å². The molecule has 1 unspecified atom stereocenters. The number of Topliss-reactive ketones (excluding diaryl/α,β-unsaturated/α-hetero) is 1. The number of nitrogens with zero attached hydrogens (tertiary/aromatic N) is 1. The SMILES string of the molecule is C=Cc1c(CC(N)C(=O)O)cc(=O)n(CC(C)=O)c1C=C. The molecule has 112 valence electrons. The fourth-order valence-corrected chi connectivity index (χ4v) is 2.07. The molecule has 1 aromatic heterocycles. The monoisotopic (exact) mass is 290 g/mol. The highest BCUT2D eigenvalue weighted by molar-refractivity contribution is 5.77. The lowest BCUT2D eigenvalue weighted by Gasteiger charge is -2.16. The number of ketones is 1. The second-order valence-electron chi connectivity index (χ2n) is 4.65. The molecule has 1 heterocycles. The normalized spacial score (nSPS) is 11.7. The molecule has 0 amide bonds. The maximum atomic E-state index is 12.1. The number of carboxylic acids is 1. The number of aromatic nitrogens is 1. The van der Waals surface area contributed by atoms with Gasteiger partial charge < -0.3 is 15.4 Å². The lowest BCUT2D eigenvalue weighted by atomic mass is 9.99. The Morgan fingerprint density at radius 1 is 1.43 bits per heavy atom. The third-order valence-electron chi connectivity index (χ3n) is 3.01. The first-order valence-corrected chi connectivity index (χ1v) is 6.31. The summed E-state index contributed by atoms with van der Waals surface area (Å²) in [5.74, 6) is -1.33. The van der Waals surface area contributed by atoms with E-state index in [0.717, 1.165) is 0 Å². The van der Waals surface area contributed by atoms with E-state index in [0.29, 0.717) is 16.8 Å². The number of nitrogens with two attached hydrogens (primary N) is 1. The Morgan fingerprint density at radius 3 is 2.48 bits per heavy atom. The van der Waals surface area contributed by atoms with Crippen molar-refractivity contribution in [1.29, 1.82) is 0 Å². The Morgan fingerprint density at radius 2 is 2.05 bits per heavy atom. The van der Waals surface area contributed by atoms with E-state index in [9.17, 15) is 14.4 Å². The van der Waals surface area contributed by atoms with Gasteiger partial charge in [-0.15, -0.1) is 0 Å². The Hall–Kier alpha value is -2.47.